The molecule has 2 aromatic heterocycles. The van der Waals surface area contributed by atoms with Crippen LogP contribution in [0, 0.1) is 11.8 Å². The summed E-state index contributed by atoms with van der Waals surface area (Å²) in [4.78, 5) is 70.7. The number of alkyl carbamates (subject to hydrolysis) is 2. The lowest BCUT2D eigenvalue weighted by Crippen LogP contribution is -2.52. The molecule has 4 amide bonds. The fraction of sp³-hybridized carbons (Fsp3) is 0.463. The van der Waals surface area contributed by atoms with E-state index >= 15 is 0 Å². The Hall–Kier alpha value is -5.51. The van der Waals surface area contributed by atoms with Crippen molar-refractivity contribution in [3.05, 3.63) is 72.6 Å². The van der Waals surface area contributed by atoms with E-state index in [2.05, 4.69) is 38.7 Å². The highest BCUT2D eigenvalue weighted by atomic mass is 28.3. The quantitative estimate of drug-likeness (QED) is 0.122. The topological polar surface area (TPSA) is 175 Å². The number of nitrogens with zero attached hydrogens (tertiary/aromatic N) is 4. The summed E-state index contributed by atoms with van der Waals surface area (Å²) in [5.74, 6) is 0.336. The number of amides is 4. The van der Waals surface area contributed by atoms with Crippen LogP contribution >= 0.6 is 0 Å². The van der Waals surface area contributed by atoms with E-state index in [0.29, 0.717) is 12.0 Å². The van der Waals surface area contributed by atoms with Crippen molar-refractivity contribution in [2.75, 3.05) is 26.9 Å². The molecular weight excluding hydrogens is 748 g/mol. The van der Waals surface area contributed by atoms with Crippen LogP contribution in [0.25, 0.3) is 33.6 Å². The van der Waals surface area contributed by atoms with Crippen molar-refractivity contribution in [1.29, 1.82) is 0 Å². The van der Waals surface area contributed by atoms with Crippen LogP contribution in [-0.2, 0) is 19.1 Å². The highest BCUT2D eigenvalue weighted by Crippen LogP contribution is 2.39. The number of likely N-dealkylation sites (tertiary alicyclic amines) is 1. The lowest BCUT2D eigenvalue weighted by atomic mass is 10.0. The monoisotopic (exact) mass is 800 g/mol. The molecule has 2 saturated heterocycles. The van der Waals surface area contributed by atoms with E-state index in [-0.39, 0.29) is 42.7 Å². The minimum atomic E-state index is -1.76. The van der Waals surface area contributed by atoms with Gasteiger partial charge in [-0.3, -0.25) is 9.59 Å². The zero-order chi connectivity index (χ0) is 41.2. The molecule has 0 spiro atoms. The van der Waals surface area contributed by atoms with Crippen LogP contribution in [0.3, 0.4) is 0 Å². The Morgan fingerprint density at radius 1 is 0.719 bits per heavy atom. The third-order valence-corrected chi connectivity index (χ3v) is 13.6. The predicted molar refractivity (Wildman–Crippen MR) is 216 cm³/mol. The smallest absolute Gasteiger partial charge is 0.407 e. The summed E-state index contributed by atoms with van der Waals surface area (Å²) >= 11 is 0. The number of alkyl halides is 1. The molecule has 304 valence electrons. The second-order valence-electron chi connectivity index (χ2n) is 16.4. The van der Waals surface area contributed by atoms with Gasteiger partial charge in [0.15, 0.2) is 0 Å². The van der Waals surface area contributed by atoms with Gasteiger partial charge >= 0.3 is 12.2 Å². The van der Waals surface area contributed by atoms with Gasteiger partial charge in [0.05, 0.1) is 64.7 Å². The fourth-order valence-electron chi connectivity index (χ4n) is 7.78. The minimum absolute atomic E-state index is 0.0863. The zero-order valence-corrected chi connectivity index (χ0v) is 34.8. The molecule has 5 atom stereocenters. The second kappa shape index (κ2) is 16.9. The Morgan fingerprint density at radius 3 is 1.58 bits per heavy atom. The molecule has 4 aromatic rings. The van der Waals surface area contributed by atoms with Crippen molar-refractivity contribution >= 4 is 32.1 Å². The van der Waals surface area contributed by atoms with E-state index in [9.17, 15) is 23.6 Å². The maximum Gasteiger partial charge on any atom is 0.407 e. The van der Waals surface area contributed by atoms with E-state index in [1.54, 1.807) is 12.4 Å². The SMILES string of the molecule is COC(=O)N[C@H](C(=O)N1C[C@H](F)C[C@H]1c1ncc(-c2ccc(-c3ccc(-c4cnc([C@@H]5C[Si](C)(C)CN5C(=O)[C@@H](NC(=O)OC)C(C)C)[nH]4)cc3)cc2)[nH]1)C(C)C. The number of nitrogens with one attached hydrogen (secondary N) is 4. The number of imidazole rings is 2. The third-order valence-electron chi connectivity index (χ3n) is 10.9. The molecular formula is C41H53FN8O6Si. The summed E-state index contributed by atoms with van der Waals surface area (Å²) in [6, 6.07) is 14.6. The number of hydrogen-bond acceptors (Lipinski definition) is 8. The summed E-state index contributed by atoms with van der Waals surface area (Å²) < 4.78 is 24.3. The standard InChI is InChI=1S/C41H53FN8O6Si/c1-23(2)34(47-40(53)55-5)38(51)49-20-29(42)17-32(49)36-43-18-30(45-36)27-13-9-25(10-14-27)26-11-15-28(16-12-26)31-19-44-37(46-31)33-21-57(7,8)22-50(33)39(52)35(24(3)4)48-41(54)56-6/h9-16,18-19,23-24,29,32-35H,17,20-22H2,1-8H3,(H,43,45)(H,44,46)(H,47,53)(H,48,54)/t29-,32+,33+,34+,35+/m1/s1. The Labute approximate surface area is 333 Å². The van der Waals surface area contributed by atoms with Gasteiger partial charge in [-0.25, -0.2) is 23.9 Å². The van der Waals surface area contributed by atoms with Crippen molar-refractivity contribution in [3.63, 3.8) is 0 Å². The van der Waals surface area contributed by atoms with Crippen molar-refractivity contribution in [2.24, 2.45) is 11.8 Å². The van der Waals surface area contributed by atoms with E-state index in [1.165, 1.54) is 19.1 Å². The summed E-state index contributed by atoms with van der Waals surface area (Å²) in [6.45, 7) is 11.9. The van der Waals surface area contributed by atoms with Gasteiger partial charge in [0, 0.05) is 12.6 Å². The first-order valence-electron chi connectivity index (χ1n) is 19.3. The van der Waals surface area contributed by atoms with Crippen LogP contribution in [0.1, 0.15) is 57.8 Å². The van der Waals surface area contributed by atoms with E-state index in [1.807, 2.05) is 81.1 Å². The van der Waals surface area contributed by atoms with Crippen molar-refractivity contribution in [2.45, 2.75) is 83.6 Å². The van der Waals surface area contributed by atoms with Crippen LogP contribution in [0.2, 0.25) is 19.1 Å². The molecule has 2 aliphatic rings. The number of H-pyrrole nitrogens is 2. The molecule has 2 aromatic carbocycles. The number of methoxy groups -OCH3 is 2. The molecule has 57 heavy (non-hydrogen) atoms. The number of benzene rings is 2. The third kappa shape index (κ3) is 9.06. The van der Waals surface area contributed by atoms with Gasteiger partial charge in [-0.05, 0) is 40.1 Å². The van der Waals surface area contributed by atoms with E-state index in [0.717, 1.165) is 45.5 Å². The highest BCUT2D eigenvalue weighted by molar-refractivity contribution is 6.78. The number of aromatic amines is 2. The van der Waals surface area contributed by atoms with Crippen molar-refractivity contribution in [1.82, 2.24) is 40.4 Å². The van der Waals surface area contributed by atoms with Crippen LogP contribution in [0.5, 0.6) is 0 Å². The van der Waals surface area contributed by atoms with Gasteiger partial charge in [0.1, 0.15) is 29.9 Å². The normalized spacial score (nSPS) is 20.1. The number of hydrogen-bond donors (Lipinski definition) is 4. The van der Waals surface area contributed by atoms with E-state index in [4.69, 9.17) is 14.5 Å². The number of carbonyl (C=O) groups is 4. The molecule has 0 radical (unpaired) electrons. The molecule has 0 bridgehead atoms. The Bertz CT molecular complexity index is 2070. The van der Waals surface area contributed by atoms with Crippen LogP contribution in [0.4, 0.5) is 14.0 Å². The number of halogens is 1. The van der Waals surface area contributed by atoms with Gasteiger partial charge in [0.25, 0.3) is 0 Å². The Balaban J connectivity index is 1.14. The van der Waals surface area contributed by atoms with Crippen LogP contribution in [0.15, 0.2) is 60.9 Å². The van der Waals surface area contributed by atoms with Crippen molar-refractivity contribution in [3.8, 4) is 33.6 Å². The lowest BCUT2D eigenvalue weighted by Gasteiger charge is -2.30. The van der Waals surface area contributed by atoms with Crippen molar-refractivity contribution < 1.29 is 33.0 Å². The molecule has 6 rings (SSSR count). The number of ether oxygens (including phenoxy) is 2. The highest BCUT2D eigenvalue weighted by Gasteiger charge is 2.46. The summed E-state index contributed by atoms with van der Waals surface area (Å²) in [5, 5.41) is 5.31. The van der Waals surface area contributed by atoms with Gasteiger partial charge in [-0.15, -0.1) is 0 Å². The maximum absolute atomic E-state index is 14.8. The molecule has 2 aliphatic heterocycles. The Morgan fingerprint density at radius 2 is 1.14 bits per heavy atom. The van der Waals surface area contributed by atoms with Gasteiger partial charge in [-0.2, -0.15) is 0 Å². The first-order chi connectivity index (χ1) is 27.1. The van der Waals surface area contributed by atoms with Gasteiger partial charge in [0.2, 0.25) is 11.8 Å². The molecule has 0 unspecified atom stereocenters. The predicted octanol–water partition coefficient (Wildman–Crippen LogP) is 6.64. The largest absolute Gasteiger partial charge is 0.453 e. The number of rotatable bonds is 11. The first kappa shape index (κ1) is 41.1. The van der Waals surface area contributed by atoms with E-state index < -0.39 is 44.6 Å². The molecule has 4 N–H and O–H groups in total. The molecule has 2 fully saturated rings. The summed E-state index contributed by atoms with van der Waals surface area (Å²) in [5.41, 5.74) is 5.43. The molecule has 0 aliphatic carbocycles. The molecule has 16 heteroatoms. The van der Waals surface area contributed by atoms with Gasteiger partial charge < -0.3 is 39.9 Å². The minimum Gasteiger partial charge on any atom is -0.453 e. The number of carbonyl (C=O) groups excluding carboxylic acids is 4. The molecule has 4 heterocycles. The molecule has 14 nitrogen and oxygen atoms in total. The fourth-order valence-corrected chi connectivity index (χ4v) is 10.7. The van der Waals surface area contributed by atoms with Crippen LogP contribution in [-0.4, -0.2) is 107 Å². The second-order valence-corrected chi connectivity index (χ2v) is 21.5. The number of aromatic nitrogens is 4. The maximum atomic E-state index is 14.8. The summed E-state index contributed by atoms with van der Waals surface area (Å²) in [7, 11) is 0.765. The molecule has 0 saturated carbocycles. The summed E-state index contributed by atoms with van der Waals surface area (Å²) in [6.07, 6.45) is 1.69. The lowest BCUT2D eigenvalue weighted by molar-refractivity contribution is -0.136. The zero-order valence-electron chi connectivity index (χ0n) is 33.8. The average molecular weight is 801 g/mol. The average Bonchev–Trinajstić information content (AvgIpc) is 4.01. The van der Waals surface area contributed by atoms with Gasteiger partial charge in [-0.1, -0.05) is 89.3 Å². The van der Waals surface area contributed by atoms with Crippen LogP contribution < -0.4 is 10.6 Å². The first-order valence-corrected chi connectivity index (χ1v) is 22.8. The Kier molecular flexibility index (Phi) is 12.2.